The summed E-state index contributed by atoms with van der Waals surface area (Å²) in [4.78, 5) is 24.5. The first-order chi connectivity index (χ1) is 11.9. The molecule has 1 aromatic carbocycles. The molecule has 1 amide bonds. The number of benzene rings is 1. The number of hydrogen-bond acceptors (Lipinski definition) is 5. The third-order valence-corrected chi connectivity index (χ3v) is 4.37. The van der Waals surface area contributed by atoms with Crippen molar-refractivity contribution >= 4 is 34.5 Å². The number of thiophene rings is 1. The van der Waals surface area contributed by atoms with E-state index in [9.17, 15) is 19.3 Å². The molecule has 0 saturated heterocycles. The van der Waals surface area contributed by atoms with Crippen LogP contribution in [0.1, 0.15) is 4.88 Å². The zero-order valence-electron chi connectivity index (χ0n) is 13.0. The summed E-state index contributed by atoms with van der Waals surface area (Å²) in [5, 5.41) is 10.6. The Morgan fingerprint density at radius 2 is 2.20 bits per heavy atom. The number of nitro groups is 1. The average Bonchev–Trinajstić information content (AvgIpc) is 2.97. The number of ether oxygens (including phenoxy) is 1. The van der Waals surface area contributed by atoms with Crippen LogP contribution in [-0.4, -0.2) is 28.9 Å². The highest BCUT2D eigenvalue weighted by Gasteiger charge is 2.17. The maximum atomic E-state index is 13.6. The summed E-state index contributed by atoms with van der Waals surface area (Å²) in [5.41, 5.74) is -0.651. The molecule has 2 rings (SSSR count). The standard InChI is InChI=1S/C16H14ClFN2O4S/c1-2-7-19(9-12-4-6-15(17)25-12)16(21)10-24-11-3-5-14(20(22)23)13(18)8-11/h2-6,8H,1,7,9-10H2. The van der Waals surface area contributed by atoms with Crippen molar-refractivity contribution in [1.82, 2.24) is 4.90 Å². The van der Waals surface area contributed by atoms with E-state index in [0.29, 0.717) is 17.4 Å². The third kappa shape index (κ3) is 5.27. The van der Waals surface area contributed by atoms with Crippen molar-refractivity contribution in [3.05, 3.63) is 68.1 Å². The zero-order valence-corrected chi connectivity index (χ0v) is 14.6. The highest BCUT2D eigenvalue weighted by molar-refractivity contribution is 7.16. The fraction of sp³-hybridized carbons (Fsp3) is 0.188. The molecule has 0 unspecified atom stereocenters. The van der Waals surface area contributed by atoms with Gasteiger partial charge in [-0.1, -0.05) is 17.7 Å². The predicted molar refractivity (Wildman–Crippen MR) is 93.5 cm³/mol. The first-order valence-electron chi connectivity index (χ1n) is 7.10. The van der Waals surface area contributed by atoms with Gasteiger partial charge in [-0.25, -0.2) is 0 Å². The van der Waals surface area contributed by atoms with Crippen LogP contribution in [0, 0.1) is 15.9 Å². The van der Waals surface area contributed by atoms with Crippen LogP contribution in [0.25, 0.3) is 0 Å². The topological polar surface area (TPSA) is 72.7 Å². The molecule has 0 radical (unpaired) electrons. The van der Waals surface area contributed by atoms with E-state index in [4.69, 9.17) is 16.3 Å². The fourth-order valence-corrected chi connectivity index (χ4v) is 3.10. The van der Waals surface area contributed by atoms with Crippen LogP contribution in [0.4, 0.5) is 10.1 Å². The molecule has 6 nitrogen and oxygen atoms in total. The summed E-state index contributed by atoms with van der Waals surface area (Å²) in [6.07, 6.45) is 1.58. The van der Waals surface area contributed by atoms with Crippen molar-refractivity contribution in [3.63, 3.8) is 0 Å². The fourth-order valence-electron chi connectivity index (χ4n) is 2.00. The second-order valence-electron chi connectivity index (χ2n) is 4.93. The lowest BCUT2D eigenvalue weighted by Crippen LogP contribution is -2.34. The molecule has 2 aromatic rings. The Morgan fingerprint density at radius 1 is 1.44 bits per heavy atom. The first kappa shape index (κ1) is 18.9. The number of nitro benzene ring substituents is 1. The third-order valence-electron chi connectivity index (χ3n) is 3.16. The van der Waals surface area contributed by atoms with Crippen LogP contribution < -0.4 is 4.74 Å². The van der Waals surface area contributed by atoms with Gasteiger partial charge in [-0.15, -0.1) is 17.9 Å². The van der Waals surface area contributed by atoms with Crippen LogP contribution in [0.15, 0.2) is 43.0 Å². The van der Waals surface area contributed by atoms with E-state index in [1.807, 2.05) is 6.07 Å². The zero-order chi connectivity index (χ0) is 18.4. The van der Waals surface area contributed by atoms with Crippen LogP contribution in [0.3, 0.4) is 0 Å². The van der Waals surface area contributed by atoms with Crippen molar-refractivity contribution in [3.8, 4) is 5.75 Å². The molecule has 132 valence electrons. The van der Waals surface area contributed by atoms with E-state index in [-0.39, 0.29) is 18.3 Å². The van der Waals surface area contributed by atoms with Gasteiger partial charge in [0.05, 0.1) is 15.8 Å². The summed E-state index contributed by atoms with van der Waals surface area (Å²) in [5.74, 6) is -1.32. The molecule has 0 fully saturated rings. The molecule has 0 atom stereocenters. The van der Waals surface area contributed by atoms with E-state index >= 15 is 0 Å². The van der Waals surface area contributed by atoms with Gasteiger partial charge in [0.15, 0.2) is 6.61 Å². The Balaban J connectivity index is 1.99. The highest BCUT2D eigenvalue weighted by atomic mass is 35.5. The predicted octanol–water partition coefficient (Wildman–Crippen LogP) is 4.04. The molecule has 0 N–H and O–H groups in total. The number of carbonyl (C=O) groups excluding carboxylic acids is 1. The second-order valence-corrected chi connectivity index (χ2v) is 6.73. The van der Waals surface area contributed by atoms with Gasteiger partial charge >= 0.3 is 5.69 Å². The molecule has 0 aliphatic carbocycles. The van der Waals surface area contributed by atoms with Gasteiger partial charge in [0, 0.05) is 23.6 Å². The largest absolute Gasteiger partial charge is 0.484 e. The molecule has 0 aliphatic rings. The van der Waals surface area contributed by atoms with Crippen molar-refractivity contribution < 1.29 is 18.8 Å². The molecule has 1 aromatic heterocycles. The second kappa shape index (κ2) is 8.59. The van der Waals surface area contributed by atoms with E-state index in [1.54, 1.807) is 12.1 Å². The molecule has 25 heavy (non-hydrogen) atoms. The smallest absolute Gasteiger partial charge is 0.305 e. The molecule has 0 bridgehead atoms. The van der Waals surface area contributed by atoms with Crippen LogP contribution >= 0.6 is 22.9 Å². The lowest BCUT2D eigenvalue weighted by atomic mass is 10.3. The van der Waals surface area contributed by atoms with Gasteiger partial charge in [0.2, 0.25) is 5.82 Å². The summed E-state index contributed by atoms with van der Waals surface area (Å²) < 4.78 is 19.4. The van der Waals surface area contributed by atoms with Gasteiger partial charge in [0.1, 0.15) is 5.75 Å². The monoisotopic (exact) mass is 384 g/mol. The van der Waals surface area contributed by atoms with Crippen LogP contribution in [0.2, 0.25) is 4.34 Å². The van der Waals surface area contributed by atoms with E-state index in [1.165, 1.54) is 22.3 Å². The van der Waals surface area contributed by atoms with Crippen LogP contribution in [0.5, 0.6) is 5.75 Å². The lowest BCUT2D eigenvalue weighted by Gasteiger charge is -2.20. The number of hydrogen-bond donors (Lipinski definition) is 0. The van der Waals surface area contributed by atoms with Crippen LogP contribution in [-0.2, 0) is 11.3 Å². The van der Waals surface area contributed by atoms with E-state index in [0.717, 1.165) is 17.0 Å². The van der Waals surface area contributed by atoms with Crippen molar-refractivity contribution in [2.24, 2.45) is 0 Å². The minimum atomic E-state index is -1.02. The van der Waals surface area contributed by atoms with Gasteiger partial charge in [-0.05, 0) is 18.2 Å². The Bertz CT molecular complexity index is 796. The van der Waals surface area contributed by atoms with Crippen molar-refractivity contribution in [2.45, 2.75) is 6.54 Å². The van der Waals surface area contributed by atoms with E-state index in [2.05, 4.69) is 6.58 Å². The van der Waals surface area contributed by atoms with E-state index < -0.39 is 16.4 Å². The molecule has 0 saturated carbocycles. The Morgan fingerprint density at radius 3 is 2.76 bits per heavy atom. The lowest BCUT2D eigenvalue weighted by molar-refractivity contribution is -0.387. The average molecular weight is 385 g/mol. The normalized spacial score (nSPS) is 10.3. The molecule has 1 heterocycles. The molecule has 9 heteroatoms. The van der Waals surface area contributed by atoms with Gasteiger partial charge in [-0.2, -0.15) is 4.39 Å². The number of rotatable bonds is 8. The Hall–Kier alpha value is -2.45. The van der Waals surface area contributed by atoms with Gasteiger partial charge < -0.3 is 9.64 Å². The molecule has 0 spiro atoms. The molecular formula is C16H14ClFN2O4S. The number of carbonyl (C=O) groups is 1. The first-order valence-corrected chi connectivity index (χ1v) is 8.29. The number of nitrogens with zero attached hydrogens (tertiary/aromatic N) is 2. The Kier molecular flexibility index (Phi) is 6.49. The molecular weight excluding hydrogens is 371 g/mol. The minimum Gasteiger partial charge on any atom is -0.484 e. The summed E-state index contributed by atoms with van der Waals surface area (Å²) in [6, 6.07) is 6.68. The minimum absolute atomic E-state index is 0.0363. The van der Waals surface area contributed by atoms with Crippen molar-refractivity contribution in [2.75, 3.05) is 13.2 Å². The van der Waals surface area contributed by atoms with Gasteiger partial charge in [-0.3, -0.25) is 14.9 Å². The summed E-state index contributed by atoms with van der Waals surface area (Å²) in [6.45, 7) is 3.95. The Labute approximate surface area is 152 Å². The van der Waals surface area contributed by atoms with Gasteiger partial charge in [0.25, 0.3) is 5.91 Å². The number of amides is 1. The maximum Gasteiger partial charge on any atom is 0.305 e. The number of halogens is 2. The summed E-state index contributed by atoms with van der Waals surface area (Å²) >= 11 is 7.24. The SMILES string of the molecule is C=CCN(Cc1ccc(Cl)s1)C(=O)COc1ccc([N+](=O)[O-])c(F)c1. The quantitative estimate of drug-likeness (QED) is 0.391. The molecule has 0 aliphatic heterocycles. The highest BCUT2D eigenvalue weighted by Crippen LogP contribution is 2.24. The maximum absolute atomic E-state index is 13.6. The summed E-state index contributed by atoms with van der Waals surface area (Å²) in [7, 11) is 0. The van der Waals surface area contributed by atoms with Crippen molar-refractivity contribution in [1.29, 1.82) is 0 Å².